The van der Waals surface area contributed by atoms with Gasteiger partial charge in [0.05, 0.1) is 28.5 Å². The van der Waals surface area contributed by atoms with Crippen molar-refractivity contribution in [2.75, 3.05) is 26.2 Å². The highest BCUT2D eigenvalue weighted by Crippen LogP contribution is 2.49. The molecule has 0 radical (unpaired) electrons. The molecule has 10 nitrogen and oxygen atoms in total. The number of nitrogens with zero attached hydrogens (tertiary/aromatic N) is 2. The van der Waals surface area contributed by atoms with Crippen LogP contribution >= 0.6 is 11.8 Å². The van der Waals surface area contributed by atoms with Crippen molar-refractivity contribution in [2.45, 2.75) is 41.7 Å². The van der Waals surface area contributed by atoms with Gasteiger partial charge in [-0.05, 0) is 47.2 Å². The average Bonchev–Trinajstić information content (AvgIpc) is 3.49. The van der Waals surface area contributed by atoms with Crippen LogP contribution in [0.5, 0.6) is 0 Å². The highest BCUT2D eigenvalue weighted by atomic mass is 32.2. The Morgan fingerprint density at radius 1 is 0.867 bits per heavy atom. The van der Waals surface area contributed by atoms with Crippen molar-refractivity contribution in [2.24, 2.45) is 0 Å². The third-order valence-corrected chi connectivity index (χ3v) is 10.4. The van der Waals surface area contributed by atoms with Crippen molar-refractivity contribution in [3.8, 4) is 11.1 Å². The van der Waals surface area contributed by atoms with Crippen molar-refractivity contribution in [1.82, 2.24) is 9.80 Å². The van der Waals surface area contributed by atoms with E-state index in [0.717, 1.165) is 22.3 Å². The third kappa shape index (κ3) is 6.17. The maximum Gasteiger partial charge on any atom is 0.409 e. The van der Waals surface area contributed by atoms with Gasteiger partial charge in [-0.3, -0.25) is 14.4 Å². The number of benzene rings is 3. The second-order valence-electron chi connectivity index (χ2n) is 11.3. The first kappa shape index (κ1) is 30.4. The van der Waals surface area contributed by atoms with Crippen LogP contribution in [0.3, 0.4) is 0 Å². The summed E-state index contributed by atoms with van der Waals surface area (Å²) in [5.41, 5.74) is 4.75. The summed E-state index contributed by atoms with van der Waals surface area (Å²) in [7, 11) is 0. The Hall–Kier alpha value is -4.64. The summed E-state index contributed by atoms with van der Waals surface area (Å²) in [6, 6.07) is 24.3. The summed E-state index contributed by atoms with van der Waals surface area (Å²) in [6.07, 6.45) is -0.279. The summed E-state index contributed by atoms with van der Waals surface area (Å²) >= 11 is 1.27. The second kappa shape index (κ2) is 12.8. The molecule has 0 aromatic heterocycles. The predicted molar refractivity (Wildman–Crippen MR) is 165 cm³/mol. The Kier molecular flexibility index (Phi) is 8.62. The molecular formula is C34H32N2O8S. The third-order valence-electron chi connectivity index (χ3n) is 8.65. The molecule has 1 atom stereocenters. The number of likely N-dealkylation sites (tertiary alicyclic amines) is 1. The first-order valence-electron chi connectivity index (χ1n) is 14.9. The van der Waals surface area contributed by atoms with E-state index in [9.17, 15) is 29.1 Å². The maximum atomic E-state index is 13.4. The lowest BCUT2D eigenvalue weighted by molar-refractivity contribution is -0.143. The fraction of sp³-hybridized carbons (Fsp3) is 0.324. The van der Waals surface area contributed by atoms with Crippen LogP contribution in [-0.2, 0) is 23.9 Å². The number of fused-ring (bicyclic) bond motifs is 3. The van der Waals surface area contributed by atoms with Gasteiger partial charge in [-0.25, -0.2) is 9.59 Å². The molecule has 3 aliphatic rings. The molecule has 45 heavy (non-hydrogen) atoms. The molecule has 0 bridgehead atoms. The van der Waals surface area contributed by atoms with Crippen LogP contribution in [0, 0.1) is 0 Å². The van der Waals surface area contributed by atoms with E-state index < -0.39 is 34.1 Å². The number of esters is 2. The summed E-state index contributed by atoms with van der Waals surface area (Å²) < 4.78 is 10.8. The van der Waals surface area contributed by atoms with Gasteiger partial charge >= 0.3 is 24.0 Å². The molecule has 2 fully saturated rings. The molecule has 0 saturated carbocycles. The highest BCUT2D eigenvalue weighted by Gasteiger charge is 2.53. The van der Waals surface area contributed by atoms with Gasteiger partial charge in [-0.15, -0.1) is 11.8 Å². The summed E-state index contributed by atoms with van der Waals surface area (Å²) in [5, 5.41) is 8.60. The van der Waals surface area contributed by atoms with Gasteiger partial charge in [0.15, 0.2) is 0 Å². The molecule has 2 amide bonds. The Balaban J connectivity index is 1.08. The van der Waals surface area contributed by atoms with E-state index in [1.807, 2.05) is 24.3 Å². The molecule has 1 N–H and O–H groups in total. The highest BCUT2D eigenvalue weighted by molar-refractivity contribution is 8.02. The molecule has 2 heterocycles. The smallest absolute Gasteiger partial charge is 0.409 e. The summed E-state index contributed by atoms with van der Waals surface area (Å²) in [4.78, 5) is 65.3. The van der Waals surface area contributed by atoms with Crippen LogP contribution in [0.25, 0.3) is 11.1 Å². The largest absolute Gasteiger partial charge is 0.481 e. The number of aliphatic carboxylic acids is 1. The molecule has 232 valence electrons. The number of hydrogen-bond acceptors (Lipinski definition) is 8. The van der Waals surface area contributed by atoms with E-state index in [1.165, 1.54) is 28.8 Å². The number of amides is 2. The van der Waals surface area contributed by atoms with E-state index in [2.05, 4.69) is 24.3 Å². The monoisotopic (exact) mass is 628 g/mol. The van der Waals surface area contributed by atoms with Crippen LogP contribution in [0.2, 0.25) is 0 Å². The molecule has 1 aliphatic carbocycles. The molecule has 1 spiro atoms. The number of carbonyl (C=O) groups excluding carboxylic acids is 4. The van der Waals surface area contributed by atoms with Crippen molar-refractivity contribution in [3.05, 3.63) is 95.6 Å². The Morgan fingerprint density at radius 3 is 2.09 bits per heavy atom. The molecular weight excluding hydrogens is 596 g/mol. The Morgan fingerprint density at radius 2 is 1.47 bits per heavy atom. The van der Waals surface area contributed by atoms with Crippen molar-refractivity contribution >= 4 is 41.7 Å². The lowest BCUT2D eigenvalue weighted by atomic mass is 9.98. The SMILES string of the molecule is O=C(O)CC1SC2(CCN(C(=O)OCC3c4ccccc4-c4ccccc43)CC2)N(CCC(=O)OC(=O)c2ccccc2)C1=O. The maximum absolute atomic E-state index is 13.4. The molecule has 3 aromatic rings. The fourth-order valence-electron chi connectivity index (χ4n) is 6.46. The standard InChI is InChI=1S/C34H32N2O8S/c37-29(38)20-28-31(40)36(17-14-30(39)44-32(41)22-8-2-1-3-9-22)34(45-28)15-18-35(19-16-34)33(42)43-21-27-25-12-6-4-10-23(25)24-11-5-7-13-26(24)27/h1-13,27-28H,14-21H2,(H,37,38). The number of carboxylic acid groups (broad SMARTS) is 1. The van der Waals surface area contributed by atoms with Gasteiger partial charge in [0.2, 0.25) is 5.91 Å². The minimum Gasteiger partial charge on any atom is -0.481 e. The fourth-order valence-corrected chi connectivity index (χ4v) is 8.17. The van der Waals surface area contributed by atoms with Gasteiger partial charge in [-0.2, -0.15) is 0 Å². The Bertz CT molecular complexity index is 1590. The topological polar surface area (TPSA) is 131 Å². The average molecular weight is 629 g/mol. The normalized spacial score (nSPS) is 18.4. The minimum atomic E-state index is -1.10. The van der Waals surface area contributed by atoms with Gasteiger partial charge in [0.1, 0.15) is 6.61 Å². The summed E-state index contributed by atoms with van der Waals surface area (Å²) in [6.45, 7) is 0.751. The molecule has 1 unspecified atom stereocenters. The number of hydrogen-bond donors (Lipinski definition) is 1. The van der Waals surface area contributed by atoms with Crippen molar-refractivity contribution in [1.29, 1.82) is 0 Å². The van der Waals surface area contributed by atoms with E-state index in [-0.39, 0.29) is 43.4 Å². The van der Waals surface area contributed by atoms with Crippen LogP contribution < -0.4 is 0 Å². The number of ether oxygens (including phenoxy) is 2. The first-order chi connectivity index (χ1) is 21.8. The Labute approximate surface area is 264 Å². The lowest BCUT2D eigenvalue weighted by Crippen LogP contribution is -2.53. The molecule has 11 heteroatoms. The molecule has 2 aliphatic heterocycles. The second-order valence-corrected chi connectivity index (χ2v) is 12.9. The van der Waals surface area contributed by atoms with Gasteiger partial charge in [0, 0.05) is 25.6 Å². The van der Waals surface area contributed by atoms with Crippen LogP contribution in [0.4, 0.5) is 4.79 Å². The van der Waals surface area contributed by atoms with E-state index >= 15 is 0 Å². The number of piperidine rings is 1. The van der Waals surface area contributed by atoms with Crippen molar-refractivity contribution in [3.63, 3.8) is 0 Å². The van der Waals surface area contributed by atoms with Gasteiger partial charge < -0.3 is 24.4 Å². The molecule has 3 aromatic carbocycles. The summed E-state index contributed by atoms with van der Waals surface area (Å²) in [5.74, 6) is -3.10. The number of carboxylic acids is 1. The van der Waals surface area contributed by atoms with Gasteiger partial charge in [0.25, 0.3) is 0 Å². The number of thioether (sulfide) groups is 1. The van der Waals surface area contributed by atoms with Crippen LogP contribution in [0.1, 0.15) is 53.1 Å². The number of rotatable bonds is 8. The van der Waals surface area contributed by atoms with Crippen LogP contribution in [0.15, 0.2) is 78.9 Å². The number of carbonyl (C=O) groups is 5. The van der Waals surface area contributed by atoms with E-state index in [0.29, 0.717) is 25.9 Å². The predicted octanol–water partition coefficient (Wildman–Crippen LogP) is 4.92. The molecule has 2 saturated heterocycles. The quantitative estimate of drug-likeness (QED) is 0.273. The molecule has 6 rings (SSSR count). The first-order valence-corrected chi connectivity index (χ1v) is 15.7. The van der Waals surface area contributed by atoms with Crippen molar-refractivity contribution < 1.29 is 38.6 Å². The van der Waals surface area contributed by atoms with Gasteiger partial charge in [-0.1, -0.05) is 66.7 Å². The lowest BCUT2D eigenvalue weighted by Gasteiger charge is -2.43. The zero-order valence-corrected chi connectivity index (χ0v) is 25.2. The van der Waals surface area contributed by atoms with E-state index in [4.69, 9.17) is 9.47 Å². The zero-order chi connectivity index (χ0) is 31.6. The van der Waals surface area contributed by atoms with E-state index in [1.54, 1.807) is 23.1 Å². The zero-order valence-electron chi connectivity index (χ0n) is 24.4. The van der Waals surface area contributed by atoms with Crippen LogP contribution in [-0.4, -0.2) is 81.2 Å². The minimum absolute atomic E-state index is 0.0339.